The molecule has 7 N–H and O–H groups in total. The van der Waals surface area contributed by atoms with E-state index in [0.29, 0.717) is 5.11 Å². The summed E-state index contributed by atoms with van der Waals surface area (Å²) >= 11 is 10.8. The zero-order valence-electron chi connectivity index (χ0n) is 11.6. The highest BCUT2D eigenvalue weighted by molar-refractivity contribution is 7.80. The van der Waals surface area contributed by atoms with Crippen molar-refractivity contribution in [3.05, 3.63) is 10.8 Å². The molecule has 12 heteroatoms. The second kappa shape index (κ2) is 6.46. The molecular weight excluding hydrogens is 351 g/mol. The SMILES string of the molecule is CC1(C)N=C(NC(=O)c2nc(Cl)c(N)nc2N)NC(=S)N1.Cl. The fraction of sp³-hybridized carbons (Fsp3) is 0.300. The summed E-state index contributed by atoms with van der Waals surface area (Å²) in [5, 5.41) is 8.35. The minimum absolute atomic E-state index is 0. The van der Waals surface area contributed by atoms with E-state index >= 15 is 0 Å². The quantitative estimate of drug-likeness (QED) is 0.438. The Morgan fingerprint density at radius 1 is 1.32 bits per heavy atom. The van der Waals surface area contributed by atoms with E-state index < -0.39 is 11.6 Å². The fourth-order valence-corrected chi connectivity index (χ4v) is 2.06. The Balaban J connectivity index is 0.00000242. The van der Waals surface area contributed by atoms with Crippen LogP contribution in [-0.4, -0.2) is 32.6 Å². The van der Waals surface area contributed by atoms with Crippen molar-refractivity contribution >= 4 is 64.8 Å². The van der Waals surface area contributed by atoms with Gasteiger partial charge in [0.1, 0.15) is 5.66 Å². The van der Waals surface area contributed by atoms with Gasteiger partial charge in [-0.3, -0.25) is 10.1 Å². The molecule has 9 nitrogen and oxygen atoms in total. The Hall–Kier alpha value is -1.91. The topological polar surface area (TPSA) is 143 Å². The number of carbonyl (C=O) groups is 1. The number of amides is 1. The van der Waals surface area contributed by atoms with Gasteiger partial charge in [0, 0.05) is 0 Å². The van der Waals surface area contributed by atoms with E-state index in [2.05, 4.69) is 30.9 Å². The summed E-state index contributed by atoms with van der Waals surface area (Å²) in [6.45, 7) is 3.58. The van der Waals surface area contributed by atoms with Crippen molar-refractivity contribution in [3.63, 3.8) is 0 Å². The molecule has 1 aliphatic rings. The van der Waals surface area contributed by atoms with E-state index in [1.54, 1.807) is 13.8 Å². The van der Waals surface area contributed by atoms with E-state index in [9.17, 15) is 4.79 Å². The van der Waals surface area contributed by atoms with E-state index in [1.807, 2.05) is 0 Å². The lowest BCUT2D eigenvalue weighted by molar-refractivity contribution is 0.0971. The number of aliphatic imine (C=N–C) groups is 1. The van der Waals surface area contributed by atoms with E-state index in [0.717, 1.165) is 0 Å². The molecule has 0 aromatic carbocycles. The first kappa shape index (κ1) is 18.1. The molecule has 1 aromatic heterocycles. The molecule has 0 saturated heterocycles. The number of carbonyl (C=O) groups excluding carboxylic acids is 1. The molecule has 2 rings (SSSR count). The average molecular weight is 365 g/mol. The average Bonchev–Trinajstić information content (AvgIpc) is 2.30. The Morgan fingerprint density at radius 3 is 2.55 bits per heavy atom. The van der Waals surface area contributed by atoms with Crippen molar-refractivity contribution in [2.75, 3.05) is 11.5 Å². The third-order valence-corrected chi connectivity index (χ3v) is 2.88. The van der Waals surface area contributed by atoms with Crippen LogP contribution >= 0.6 is 36.2 Å². The molecule has 0 spiro atoms. The molecule has 0 saturated carbocycles. The number of guanidine groups is 1. The maximum atomic E-state index is 12.1. The molecule has 22 heavy (non-hydrogen) atoms. The summed E-state index contributed by atoms with van der Waals surface area (Å²) in [5.74, 6) is -0.646. The van der Waals surface area contributed by atoms with Crippen LogP contribution in [-0.2, 0) is 0 Å². The lowest BCUT2D eigenvalue weighted by Crippen LogP contribution is -2.58. The molecule has 1 aliphatic heterocycles. The Morgan fingerprint density at radius 2 is 1.95 bits per heavy atom. The number of anilines is 2. The zero-order valence-corrected chi connectivity index (χ0v) is 14.0. The first-order chi connectivity index (χ1) is 9.68. The number of nitrogens with one attached hydrogen (secondary N) is 3. The third kappa shape index (κ3) is 4.06. The summed E-state index contributed by atoms with van der Waals surface area (Å²) in [5.41, 5.74) is 10.3. The Bertz CT molecular complexity index is 663. The molecule has 0 bridgehead atoms. The molecule has 1 amide bonds. The van der Waals surface area contributed by atoms with Gasteiger partial charge in [0.25, 0.3) is 5.91 Å². The molecule has 0 radical (unpaired) electrons. The molecule has 0 aliphatic carbocycles. The number of nitrogens with zero attached hydrogens (tertiary/aromatic N) is 3. The molecule has 2 heterocycles. The predicted molar refractivity (Wildman–Crippen MR) is 91.0 cm³/mol. The summed E-state index contributed by atoms with van der Waals surface area (Å²) in [7, 11) is 0. The zero-order chi connectivity index (χ0) is 15.8. The molecular formula is C10H14Cl2N8OS. The number of thiocarbonyl (C=S) groups is 1. The van der Waals surface area contributed by atoms with Crippen molar-refractivity contribution in [1.29, 1.82) is 0 Å². The molecule has 0 unspecified atom stereocenters. The van der Waals surface area contributed by atoms with Crippen LogP contribution in [0.1, 0.15) is 24.3 Å². The largest absolute Gasteiger partial charge is 0.382 e. The lowest BCUT2D eigenvalue weighted by atomic mass is 10.2. The molecule has 0 fully saturated rings. The first-order valence-corrected chi connectivity index (χ1v) is 6.55. The summed E-state index contributed by atoms with van der Waals surface area (Å²) in [4.78, 5) is 23.9. The monoisotopic (exact) mass is 364 g/mol. The normalized spacial score (nSPS) is 15.8. The van der Waals surface area contributed by atoms with Crippen LogP contribution in [0.4, 0.5) is 11.6 Å². The van der Waals surface area contributed by atoms with Gasteiger partial charge in [-0.25, -0.2) is 15.0 Å². The maximum Gasteiger partial charge on any atom is 0.280 e. The molecule has 120 valence electrons. The third-order valence-electron chi connectivity index (χ3n) is 2.39. The number of hydrogen-bond donors (Lipinski definition) is 5. The highest BCUT2D eigenvalue weighted by Gasteiger charge is 2.26. The van der Waals surface area contributed by atoms with Gasteiger partial charge < -0.3 is 22.1 Å². The van der Waals surface area contributed by atoms with E-state index in [-0.39, 0.29) is 40.8 Å². The van der Waals surface area contributed by atoms with Gasteiger partial charge >= 0.3 is 0 Å². The van der Waals surface area contributed by atoms with Crippen LogP contribution in [0.5, 0.6) is 0 Å². The van der Waals surface area contributed by atoms with Crippen molar-refractivity contribution in [1.82, 2.24) is 25.9 Å². The van der Waals surface area contributed by atoms with Gasteiger partial charge in [0.2, 0.25) is 5.96 Å². The maximum absolute atomic E-state index is 12.1. The number of nitrogens with two attached hydrogens (primary N) is 2. The van der Waals surface area contributed by atoms with Gasteiger partial charge in [-0.15, -0.1) is 12.4 Å². The first-order valence-electron chi connectivity index (χ1n) is 5.77. The minimum Gasteiger partial charge on any atom is -0.382 e. The van der Waals surface area contributed by atoms with Crippen molar-refractivity contribution in [3.8, 4) is 0 Å². The molecule has 0 atom stereocenters. The second-order valence-corrected chi connectivity index (χ2v) is 5.45. The van der Waals surface area contributed by atoms with E-state index in [4.69, 9.17) is 35.3 Å². The van der Waals surface area contributed by atoms with Crippen LogP contribution in [0.15, 0.2) is 4.99 Å². The van der Waals surface area contributed by atoms with Gasteiger partial charge in [0.05, 0.1) is 0 Å². The van der Waals surface area contributed by atoms with Crippen LogP contribution < -0.4 is 27.4 Å². The van der Waals surface area contributed by atoms with E-state index in [1.165, 1.54) is 0 Å². The number of rotatable bonds is 1. The van der Waals surface area contributed by atoms with Crippen LogP contribution in [0.2, 0.25) is 5.15 Å². The summed E-state index contributed by atoms with van der Waals surface area (Å²) in [6, 6.07) is 0. The molecule has 1 aromatic rings. The highest BCUT2D eigenvalue weighted by Crippen LogP contribution is 2.17. The standard InChI is InChI=1S/C10H13ClN8OS.ClH/c1-10(2)18-8(17-9(21)19-10)16-7(20)3-5(12)15-6(13)4(11)14-3;/h1-2H3,(H4,12,13,15)(H3,16,17,18,19,20,21);1H. The highest BCUT2D eigenvalue weighted by atomic mass is 35.5. The van der Waals surface area contributed by atoms with Crippen LogP contribution in [0.3, 0.4) is 0 Å². The van der Waals surface area contributed by atoms with Crippen LogP contribution in [0, 0.1) is 0 Å². The van der Waals surface area contributed by atoms with Gasteiger partial charge in [-0.05, 0) is 26.1 Å². The van der Waals surface area contributed by atoms with Crippen molar-refractivity contribution < 1.29 is 4.79 Å². The lowest BCUT2D eigenvalue weighted by Gasteiger charge is -2.30. The number of aromatic nitrogens is 2. The summed E-state index contributed by atoms with van der Waals surface area (Å²) in [6.07, 6.45) is 0. The Labute approximate surface area is 142 Å². The number of hydrogen-bond acceptors (Lipinski definition) is 7. The number of nitrogen functional groups attached to an aromatic ring is 2. The fourth-order valence-electron chi connectivity index (χ4n) is 1.59. The number of halogens is 2. The van der Waals surface area contributed by atoms with Gasteiger partial charge in [-0.1, -0.05) is 11.6 Å². The predicted octanol–water partition coefficient (Wildman–Crippen LogP) is 0.0158. The smallest absolute Gasteiger partial charge is 0.280 e. The van der Waals surface area contributed by atoms with Crippen LogP contribution in [0.25, 0.3) is 0 Å². The van der Waals surface area contributed by atoms with Crippen molar-refractivity contribution in [2.45, 2.75) is 19.5 Å². The van der Waals surface area contributed by atoms with Crippen molar-refractivity contribution in [2.24, 2.45) is 4.99 Å². The summed E-state index contributed by atoms with van der Waals surface area (Å²) < 4.78 is 0. The van der Waals surface area contributed by atoms with Gasteiger partial charge in [0.15, 0.2) is 27.6 Å². The Kier molecular flexibility index (Phi) is 5.33. The second-order valence-electron chi connectivity index (χ2n) is 4.69. The van der Waals surface area contributed by atoms with Gasteiger partial charge in [-0.2, -0.15) is 0 Å². The minimum atomic E-state index is -0.652.